The minimum Gasteiger partial charge on any atom is -0.461 e. The summed E-state index contributed by atoms with van der Waals surface area (Å²) in [7, 11) is 0. The highest BCUT2D eigenvalue weighted by atomic mass is 16.5. The number of ether oxygens (including phenoxy) is 1. The van der Waals surface area contributed by atoms with Crippen LogP contribution in [0.1, 0.15) is 58.3 Å². The second-order valence-electron chi connectivity index (χ2n) is 6.59. The monoisotopic (exact) mass is 339 g/mol. The van der Waals surface area contributed by atoms with Crippen molar-refractivity contribution in [1.29, 1.82) is 0 Å². The zero-order chi connectivity index (χ0) is 17.4. The molecule has 1 aliphatic carbocycles. The van der Waals surface area contributed by atoms with Gasteiger partial charge in [0.25, 0.3) is 0 Å². The number of esters is 1. The zero-order valence-corrected chi connectivity index (χ0v) is 14.5. The second-order valence-corrected chi connectivity index (χ2v) is 6.59. The SMILES string of the molecule is CCNC(=O)NC1CCC(OC(=O)CN2CCCCCC2=O)CC1. The first kappa shape index (κ1) is 18.5. The Balaban J connectivity index is 1.68. The lowest BCUT2D eigenvalue weighted by atomic mass is 9.93. The van der Waals surface area contributed by atoms with Crippen molar-refractivity contribution in [3.05, 3.63) is 0 Å². The number of carbonyl (C=O) groups excluding carboxylic acids is 3. The van der Waals surface area contributed by atoms with Gasteiger partial charge in [0.1, 0.15) is 12.6 Å². The number of hydrogen-bond acceptors (Lipinski definition) is 4. The smallest absolute Gasteiger partial charge is 0.325 e. The van der Waals surface area contributed by atoms with E-state index in [1.807, 2.05) is 6.92 Å². The van der Waals surface area contributed by atoms with Crippen molar-refractivity contribution >= 4 is 17.9 Å². The number of hydrogen-bond donors (Lipinski definition) is 2. The van der Waals surface area contributed by atoms with Crippen molar-refractivity contribution in [1.82, 2.24) is 15.5 Å². The van der Waals surface area contributed by atoms with Crippen LogP contribution >= 0.6 is 0 Å². The van der Waals surface area contributed by atoms with Crippen LogP contribution in [0.25, 0.3) is 0 Å². The average molecular weight is 339 g/mol. The van der Waals surface area contributed by atoms with Crippen LogP contribution in [0.5, 0.6) is 0 Å². The van der Waals surface area contributed by atoms with E-state index in [2.05, 4.69) is 10.6 Å². The van der Waals surface area contributed by atoms with E-state index in [1.165, 1.54) is 0 Å². The number of nitrogens with zero attached hydrogens (tertiary/aromatic N) is 1. The molecule has 1 heterocycles. The quantitative estimate of drug-likeness (QED) is 0.744. The molecule has 0 aromatic rings. The summed E-state index contributed by atoms with van der Waals surface area (Å²) < 4.78 is 5.52. The predicted octanol–water partition coefficient (Wildman–Crippen LogP) is 1.56. The van der Waals surface area contributed by atoms with Gasteiger partial charge in [-0.25, -0.2) is 4.79 Å². The van der Waals surface area contributed by atoms with E-state index in [1.54, 1.807) is 4.90 Å². The molecule has 0 spiro atoms. The third-order valence-electron chi connectivity index (χ3n) is 4.64. The standard InChI is InChI=1S/C17H29N3O4/c1-2-18-17(23)19-13-7-9-14(10-8-13)24-16(22)12-20-11-5-3-4-6-15(20)21/h13-14H,2-12H2,1H3,(H2,18,19,23). The van der Waals surface area contributed by atoms with Crippen LogP contribution in [0.3, 0.4) is 0 Å². The Morgan fingerprint density at radius 3 is 2.62 bits per heavy atom. The van der Waals surface area contributed by atoms with Gasteiger partial charge >= 0.3 is 12.0 Å². The summed E-state index contributed by atoms with van der Waals surface area (Å²) in [6, 6.07) is -0.00342. The van der Waals surface area contributed by atoms with Crippen molar-refractivity contribution in [2.24, 2.45) is 0 Å². The molecule has 2 rings (SSSR count). The molecule has 7 heteroatoms. The summed E-state index contributed by atoms with van der Waals surface area (Å²) in [6.07, 6.45) is 6.43. The second kappa shape index (κ2) is 9.49. The van der Waals surface area contributed by atoms with Crippen LogP contribution in [0.4, 0.5) is 4.79 Å². The molecular formula is C17H29N3O4. The number of nitrogens with one attached hydrogen (secondary N) is 2. The van der Waals surface area contributed by atoms with E-state index in [4.69, 9.17) is 4.74 Å². The number of likely N-dealkylation sites (tertiary alicyclic amines) is 1. The molecule has 2 aliphatic rings. The molecule has 0 radical (unpaired) electrons. The van der Waals surface area contributed by atoms with Gasteiger partial charge in [-0.2, -0.15) is 0 Å². The molecule has 7 nitrogen and oxygen atoms in total. The molecular weight excluding hydrogens is 310 g/mol. The van der Waals surface area contributed by atoms with Crippen LogP contribution in [0.15, 0.2) is 0 Å². The van der Waals surface area contributed by atoms with Gasteiger partial charge in [0.05, 0.1) is 0 Å². The highest BCUT2D eigenvalue weighted by Gasteiger charge is 2.26. The Labute approximate surface area is 143 Å². The Bertz CT molecular complexity index is 447. The third-order valence-corrected chi connectivity index (χ3v) is 4.64. The van der Waals surface area contributed by atoms with E-state index in [0.29, 0.717) is 19.5 Å². The highest BCUT2D eigenvalue weighted by molar-refractivity contribution is 5.82. The Hall–Kier alpha value is -1.79. The van der Waals surface area contributed by atoms with Crippen molar-refractivity contribution in [3.8, 4) is 0 Å². The van der Waals surface area contributed by atoms with Crippen molar-refractivity contribution < 1.29 is 19.1 Å². The van der Waals surface area contributed by atoms with Crippen LogP contribution < -0.4 is 10.6 Å². The summed E-state index contributed by atoms with van der Waals surface area (Å²) in [6.45, 7) is 3.20. The molecule has 2 N–H and O–H groups in total. The van der Waals surface area contributed by atoms with Crippen molar-refractivity contribution in [2.75, 3.05) is 19.6 Å². The lowest BCUT2D eigenvalue weighted by Crippen LogP contribution is -2.44. The van der Waals surface area contributed by atoms with Crippen molar-refractivity contribution in [2.45, 2.75) is 70.4 Å². The summed E-state index contributed by atoms with van der Waals surface area (Å²) in [5.74, 6) is -0.260. The summed E-state index contributed by atoms with van der Waals surface area (Å²) in [5, 5.41) is 5.65. The molecule has 1 saturated carbocycles. The molecule has 24 heavy (non-hydrogen) atoms. The van der Waals surface area contributed by atoms with Gasteiger partial charge in [-0.3, -0.25) is 9.59 Å². The minimum atomic E-state index is -0.314. The lowest BCUT2D eigenvalue weighted by molar-refractivity contribution is -0.155. The van der Waals surface area contributed by atoms with E-state index in [0.717, 1.165) is 44.9 Å². The molecule has 0 atom stereocenters. The first-order valence-corrected chi connectivity index (χ1v) is 9.10. The van der Waals surface area contributed by atoms with E-state index >= 15 is 0 Å². The topological polar surface area (TPSA) is 87.7 Å². The van der Waals surface area contributed by atoms with Gasteiger partial charge < -0.3 is 20.3 Å². The first-order valence-electron chi connectivity index (χ1n) is 9.10. The highest BCUT2D eigenvalue weighted by Crippen LogP contribution is 2.21. The fraction of sp³-hybridized carbons (Fsp3) is 0.824. The van der Waals surface area contributed by atoms with Gasteiger partial charge in [0, 0.05) is 25.6 Å². The Morgan fingerprint density at radius 2 is 1.92 bits per heavy atom. The fourth-order valence-corrected chi connectivity index (χ4v) is 3.31. The molecule has 0 aromatic heterocycles. The number of amides is 3. The van der Waals surface area contributed by atoms with Gasteiger partial charge in [-0.15, -0.1) is 0 Å². The summed E-state index contributed by atoms with van der Waals surface area (Å²) in [4.78, 5) is 37.1. The third kappa shape index (κ3) is 6.02. The van der Waals surface area contributed by atoms with Crippen molar-refractivity contribution in [3.63, 3.8) is 0 Å². The molecule has 0 aromatic carbocycles. The Morgan fingerprint density at radius 1 is 1.17 bits per heavy atom. The van der Waals surface area contributed by atoms with Crippen LogP contribution in [0.2, 0.25) is 0 Å². The lowest BCUT2D eigenvalue weighted by Gasteiger charge is -2.29. The summed E-state index contributed by atoms with van der Waals surface area (Å²) in [5.41, 5.74) is 0. The normalized spacial score (nSPS) is 24.9. The first-order chi connectivity index (χ1) is 11.6. The van der Waals surface area contributed by atoms with E-state index in [9.17, 15) is 14.4 Å². The molecule has 136 valence electrons. The molecule has 1 aliphatic heterocycles. The minimum absolute atomic E-state index is 0.0549. The largest absolute Gasteiger partial charge is 0.461 e. The predicted molar refractivity (Wildman–Crippen MR) is 89.4 cm³/mol. The zero-order valence-electron chi connectivity index (χ0n) is 14.5. The van der Waals surface area contributed by atoms with Gasteiger partial charge in [-0.1, -0.05) is 6.42 Å². The van der Waals surface area contributed by atoms with Crippen LogP contribution in [0, 0.1) is 0 Å². The maximum atomic E-state index is 12.1. The van der Waals surface area contributed by atoms with Gasteiger partial charge in [-0.05, 0) is 45.4 Å². The van der Waals surface area contributed by atoms with Gasteiger partial charge in [0.2, 0.25) is 5.91 Å². The maximum Gasteiger partial charge on any atom is 0.325 e. The van der Waals surface area contributed by atoms with Gasteiger partial charge in [0.15, 0.2) is 0 Å². The number of carbonyl (C=O) groups is 3. The molecule has 0 unspecified atom stereocenters. The number of urea groups is 1. The summed E-state index contributed by atoms with van der Waals surface area (Å²) >= 11 is 0. The van der Waals surface area contributed by atoms with Crippen LogP contribution in [-0.4, -0.2) is 54.6 Å². The molecule has 1 saturated heterocycles. The van der Waals surface area contributed by atoms with Crippen LogP contribution in [-0.2, 0) is 14.3 Å². The number of rotatable bonds is 5. The fourth-order valence-electron chi connectivity index (χ4n) is 3.31. The molecule has 3 amide bonds. The van der Waals surface area contributed by atoms with E-state index < -0.39 is 0 Å². The van der Waals surface area contributed by atoms with E-state index in [-0.39, 0.29) is 36.6 Å². The Kier molecular flexibility index (Phi) is 7.34. The average Bonchev–Trinajstić information content (AvgIpc) is 2.74. The molecule has 2 fully saturated rings. The molecule has 0 bridgehead atoms. The maximum absolute atomic E-state index is 12.1.